The van der Waals surface area contributed by atoms with Gasteiger partial charge in [0.1, 0.15) is 5.75 Å². The summed E-state index contributed by atoms with van der Waals surface area (Å²) < 4.78 is 35.9. The van der Waals surface area contributed by atoms with E-state index < -0.39 is 16.1 Å². The highest BCUT2D eigenvalue weighted by atomic mass is 35.5. The molecule has 0 amide bonds. The molecule has 2 aromatic carbocycles. The van der Waals surface area contributed by atoms with Crippen molar-refractivity contribution >= 4 is 38.9 Å². The first kappa shape index (κ1) is 23.8. The standard InChI is InChI=1S/C22H25Cl2N5O3S/c1-3-29-21(15(2)27-33(30,31)18-10-11-19(23)20(24)14-18)25-26-22(29)32-17-8-6-16(7-9-17)28-12-4-5-13-28/h6-11,14-15,27H,3-5,12-13H2,1-2H3/t15-/m1/s1. The quantitative estimate of drug-likeness (QED) is 0.457. The normalized spacial score (nSPS) is 15.1. The zero-order valence-corrected chi connectivity index (χ0v) is 20.7. The Kier molecular flexibility index (Phi) is 7.13. The Morgan fingerprint density at radius 1 is 1.06 bits per heavy atom. The van der Waals surface area contributed by atoms with Crippen LogP contribution in [0.15, 0.2) is 47.4 Å². The largest absolute Gasteiger partial charge is 0.424 e. The molecule has 1 N–H and O–H groups in total. The fourth-order valence-corrected chi connectivity index (χ4v) is 5.39. The monoisotopic (exact) mass is 509 g/mol. The van der Waals surface area contributed by atoms with Crippen LogP contribution in [0, 0.1) is 0 Å². The van der Waals surface area contributed by atoms with Crippen molar-refractivity contribution < 1.29 is 13.2 Å². The van der Waals surface area contributed by atoms with E-state index in [2.05, 4.69) is 19.8 Å². The first-order chi connectivity index (χ1) is 15.8. The van der Waals surface area contributed by atoms with Crippen molar-refractivity contribution in [2.75, 3.05) is 18.0 Å². The summed E-state index contributed by atoms with van der Waals surface area (Å²) in [5.41, 5.74) is 1.17. The third-order valence-electron chi connectivity index (χ3n) is 5.50. The summed E-state index contributed by atoms with van der Waals surface area (Å²) in [6, 6.07) is 11.6. The van der Waals surface area contributed by atoms with Crippen LogP contribution in [-0.2, 0) is 16.6 Å². The second-order valence-corrected chi connectivity index (χ2v) is 10.3. The number of anilines is 1. The second kappa shape index (κ2) is 9.89. The second-order valence-electron chi connectivity index (χ2n) is 7.79. The number of hydrogen-bond donors (Lipinski definition) is 1. The molecule has 1 aliphatic rings. The number of aromatic nitrogens is 3. The van der Waals surface area contributed by atoms with E-state index in [4.69, 9.17) is 27.9 Å². The van der Waals surface area contributed by atoms with Crippen molar-refractivity contribution in [1.29, 1.82) is 0 Å². The summed E-state index contributed by atoms with van der Waals surface area (Å²) >= 11 is 11.9. The van der Waals surface area contributed by atoms with Gasteiger partial charge in [0.15, 0.2) is 5.82 Å². The molecule has 0 aliphatic carbocycles. The summed E-state index contributed by atoms with van der Waals surface area (Å²) in [6.45, 7) is 6.26. The molecule has 1 aromatic heterocycles. The molecule has 0 spiro atoms. The van der Waals surface area contributed by atoms with Crippen molar-refractivity contribution in [3.05, 3.63) is 58.3 Å². The number of benzene rings is 2. The van der Waals surface area contributed by atoms with Gasteiger partial charge in [-0.3, -0.25) is 4.57 Å². The predicted octanol–water partition coefficient (Wildman–Crippen LogP) is 5.04. The lowest BCUT2D eigenvalue weighted by molar-refractivity contribution is 0.408. The van der Waals surface area contributed by atoms with Crippen LogP contribution in [0.1, 0.15) is 38.6 Å². The summed E-state index contributed by atoms with van der Waals surface area (Å²) in [5, 5.41) is 8.76. The Hall–Kier alpha value is -2.33. The summed E-state index contributed by atoms with van der Waals surface area (Å²) in [7, 11) is -3.85. The van der Waals surface area contributed by atoms with E-state index in [0.717, 1.165) is 13.1 Å². The van der Waals surface area contributed by atoms with Crippen molar-refractivity contribution in [3.63, 3.8) is 0 Å². The maximum atomic E-state index is 12.8. The molecule has 1 aliphatic heterocycles. The van der Waals surface area contributed by atoms with Crippen LogP contribution in [0.2, 0.25) is 10.0 Å². The topological polar surface area (TPSA) is 89.3 Å². The van der Waals surface area contributed by atoms with Crippen LogP contribution in [0.25, 0.3) is 0 Å². The number of halogens is 2. The van der Waals surface area contributed by atoms with Gasteiger partial charge in [0.05, 0.1) is 21.0 Å². The number of hydrogen-bond acceptors (Lipinski definition) is 6. The fraction of sp³-hybridized carbons (Fsp3) is 0.364. The van der Waals surface area contributed by atoms with Crippen LogP contribution in [0.5, 0.6) is 11.8 Å². The number of ether oxygens (including phenoxy) is 1. The highest BCUT2D eigenvalue weighted by Crippen LogP contribution is 2.28. The van der Waals surface area contributed by atoms with Crippen molar-refractivity contribution in [2.24, 2.45) is 0 Å². The van der Waals surface area contributed by atoms with Crippen LogP contribution in [-0.4, -0.2) is 36.3 Å². The SMILES string of the molecule is CCn1c(Oc2ccc(N3CCCC3)cc2)nnc1[C@@H](C)NS(=O)(=O)c1ccc(Cl)c(Cl)c1. The van der Waals surface area contributed by atoms with Gasteiger partial charge in [0.25, 0.3) is 0 Å². The lowest BCUT2D eigenvalue weighted by atomic mass is 10.3. The molecular weight excluding hydrogens is 485 g/mol. The van der Waals surface area contributed by atoms with Gasteiger partial charge in [-0.05, 0) is 69.2 Å². The minimum absolute atomic E-state index is 0.0147. The molecule has 176 valence electrons. The van der Waals surface area contributed by atoms with Crippen molar-refractivity contribution in [2.45, 2.75) is 44.2 Å². The molecule has 0 saturated carbocycles. The zero-order valence-electron chi connectivity index (χ0n) is 18.3. The first-order valence-corrected chi connectivity index (χ1v) is 13.0. The smallest absolute Gasteiger partial charge is 0.322 e. The first-order valence-electron chi connectivity index (χ1n) is 10.7. The molecule has 1 saturated heterocycles. The number of sulfonamides is 1. The number of rotatable bonds is 8. The van der Waals surface area contributed by atoms with Crippen LogP contribution < -0.4 is 14.4 Å². The summed E-state index contributed by atoms with van der Waals surface area (Å²) in [6.07, 6.45) is 2.43. The molecule has 1 fully saturated rings. The predicted molar refractivity (Wildman–Crippen MR) is 129 cm³/mol. The minimum atomic E-state index is -3.85. The Morgan fingerprint density at radius 2 is 1.76 bits per heavy atom. The Balaban J connectivity index is 1.50. The lowest BCUT2D eigenvalue weighted by Crippen LogP contribution is -2.29. The summed E-state index contributed by atoms with van der Waals surface area (Å²) in [4.78, 5) is 2.36. The van der Waals surface area contributed by atoms with E-state index in [1.807, 2.05) is 31.2 Å². The lowest BCUT2D eigenvalue weighted by Gasteiger charge is -2.18. The van der Waals surface area contributed by atoms with Crippen molar-refractivity contribution in [1.82, 2.24) is 19.5 Å². The molecule has 0 bridgehead atoms. The molecule has 0 radical (unpaired) electrons. The van der Waals surface area contributed by atoms with Gasteiger partial charge in [-0.15, -0.1) is 5.10 Å². The zero-order chi connectivity index (χ0) is 23.6. The molecule has 33 heavy (non-hydrogen) atoms. The molecule has 0 unspecified atom stereocenters. The van der Waals surface area contributed by atoms with Crippen LogP contribution in [0.3, 0.4) is 0 Å². The minimum Gasteiger partial charge on any atom is -0.424 e. The Morgan fingerprint density at radius 3 is 2.39 bits per heavy atom. The maximum Gasteiger partial charge on any atom is 0.322 e. The van der Waals surface area contributed by atoms with Gasteiger partial charge in [0.2, 0.25) is 10.0 Å². The van der Waals surface area contributed by atoms with Crippen LogP contribution in [0.4, 0.5) is 5.69 Å². The Labute approximate surface area is 203 Å². The molecule has 11 heteroatoms. The van der Waals surface area contributed by atoms with E-state index in [1.54, 1.807) is 11.5 Å². The number of nitrogens with zero attached hydrogens (tertiary/aromatic N) is 4. The van der Waals surface area contributed by atoms with E-state index in [0.29, 0.717) is 24.1 Å². The molecular formula is C22H25Cl2N5O3S. The van der Waals surface area contributed by atoms with Gasteiger partial charge in [-0.1, -0.05) is 28.3 Å². The summed E-state index contributed by atoms with van der Waals surface area (Å²) in [5.74, 6) is 1.07. The molecule has 3 aromatic rings. The third kappa shape index (κ3) is 5.27. The Bertz CT molecular complexity index is 1230. The maximum absolute atomic E-state index is 12.8. The van der Waals surface area contributed by atoms with Crippen molar-refractivity contribution in [3.8, 4) is 11.8 Å². The van der Waals surface area contributed by atoms with E-state index in [-0.39, 0.29) is 14.9 Å². The average molecular weight is 510 g/mol. The highest BCUT2D eigenvalue weighted by Gasteiger charge is 2.24. The number of nitrogens with one attached hydrogen (secondary N) is 1. The molecule has 4 rings (SSSR count). The molecule has 1 atom stereocenters. The third-order valence-corrected chi connectivity index (χ3v) is 7.78. The van der Waals surface area contributed by atoms with E-state index >= 15 is 0 Å². The van der Waals surface area contributed by atoms with Gasteiger partial charge >= 0.3 is 6.01 Å². The van der Waals surface area contributed by atoms with E-state index in [9.17, 15) is 8.42 Å². The average Bonchev–Trinajstić information content (AvgIpc) is 3.46. The molecule has 8 nitrogen and oxygen atoms in total. The van der Waals surface area contributed by atoms with E-state index in [1.165, 1.54) is 36.7 Å². The van der Waals surface area contributed by atoms with Crippen LogP contribution >= 0.6 is 23.2 Å². The highest BCUT2D eigenvalue weighted by molar-refractivity contribution is 7.89. The molecule has 2 heterocycles. The van der Waals surface area contributed by atoms with Gasteiger partial charge in [0, 0.05) is 25.3 Å². The van der Waals surface area contributed by atoms with Gasteiger partial charge < -0.3 is 9.64 Å². The fourth-order valence-electron chi connectivity index (χ4n) is 3.80. The van der Waals surface area contributed by atoms with Gasteiger partial charge in [-0.25, -0.2) is 13.1 Å². The van der Waals surface area contributed by atoms with Gasteiger partial charge in [-0.2, -0.15) is 0 Å².